The van der Waals surface area contributed by atoms with E-state index in [1.807, 2.05) is 44.2 Å². The van der Waals surface area contributed by atoms with E-state index in [-0.39, 0.29) is 24.8 Å². The second-order valence-corrected chi connectivity index (χ2v) is 6.09. The van der Waals surface area contributed by atoms with Gasteiger partial charge in [-0.2, -0.15) is 0 Å². The molecule has 4 heteroatoms. The van der Waals surface area contributed by atoms with Crippen LogP contribution in [-0.2, 0) is 15.0 Å². The SMILES string of the molecule is CCC(O)(CC)CN1C(=O)CC(C)(c2ccccc2)C1=O. The molecule has 0 spiro atoms. The molecule has 21 heavy (non-hydrogen) atoms. The van der Waals surface area contributed by atoms with Crippen molar-refractivity contribution >= 4 is 11.8 Å². The molecule has 2 amide bonds. The molecule has 2 rings (SSSR count). The fraction of sp³-hybridized carbons (Fsp3) is 0.529. The molecule has 1 atom stereocenters. The van der Waals surface area contributed by atoms with Crippen LogP contribution in [0.1, 0.15) is 45.6 Å². The van der Waals surface area contributed by atoms with Crippen molar-refractivity contribution in [2.75, 3.05) is 6.54 Å². The van der Waals surface area contributed by atoms with Gasteiger partial charge in [0.2, 0.25) is 11.8 Å². The van der Waals surface area contributed by atoms with Gasteiger partial charge in [0, 0.05) is 6.42 Å². The standard InChI is InChI=1S/C17H23NO3/c1-4-17(21,5-2)12-18-14(19)11-16(3,15(18)20)13-9-7-6-8-10-13/h6-10,21H,4-5,11-12H2,1-3H3. The summed E-state index contributed by atoms with van der Waals surface area (Å²) in [7, 11) is 0. The number of carbonyl (C=O) groups excluding carboxylic acids is 2. The van der Waals surface area contributed by atoms with Crippen molar-refractivity contribution in [3.05, 3.63) is 35.9 Å². The van der Waals surface area contributed by atoms with E-state index in [0.29, 0.717) is 12.8 Å². The Morgan fingerprint density at radius 1 is 1.19 bits per heavy atom. The maximum absolute atomic E-state index is 12.7. The number of imide groups is 1. The van der Waals surface area contributed by atoms with Crippen molar-refractivity contribution in [3.63, 3.8) is 0 Å². The van der Waals surface area contributed by atoms with Crippen LogP contribution in [0.3, 0.4) is 0 Å². The van der Waals surface area contributed by atoms with Gasteiger partial charge >= 0.3 is 0 Å². The second kappa shape index (κ2) is 5.60. The highest BCUT2D eigenvalue weighted by atomic mass is 16.3. The summed E-state index contributed by atoms with van der Waals surface area (Å²) in [6, 6.07) is 9.38. The number of benzene rings is 1. The van der Waals surface area contributed by atoms with Crippen LogP contribution in [0.2, 0.25) is 0 Å². The number of nitrogens with zero attached hydrogens (tertiary/aromatic N) is 1. The van der Waals surface area contributed by atoms with E-state index in [4.69, 9.17) is 0 Å². The van der Waals surface area contributed by atoms with Crippen LogP contribution >= 0.6 is 0 Å². The van der Waals surface area contributed by atoms with E-state index >= 15 is 0 Å². The first-order valence-corrected chi connectivity index (χ1v) is 7.49. The van der Waals surface area contributed by atoms with Gasteiger partial charge < -0.3 is 5.11 Å². The maximum atomic E-state index is 12.7. The summed E-state index contributed by atoms with van der Waals surface area (Å²) in [5.41, 5.74) is -0.962. The lowest BCUT2D eigenvalue weighted by Gasteiger charge is -2.30. The van der Waals surface area contributed by atoms with E-state index in [2.05, 4.69) is 0 Å². The van der Waals surface area contributed by atoms with E-state index in [9.17, 15) is 14.7 Å². The van der Waals surface area contributed by atoms with Gasteiger partial charge in [-0.25, -0.2) is 0 Å². The van der Waals surface area contributed by atoms with Crippen molar-refractivity contribution in [2.45, 2.75) is 51.0 Å². The van der Waals surface area contributed by atoms with Crippen molar-refractivity contribution < 1.29 is 14.7 Å². The van der Waals surface area contributed by atoms with Crippen LogP contribution in [0.5, 0.6) is 0 Å². The largest absolute Gasteiger partial charge is 0.388 e. The second-order valence-electron chi connectivity index (χ2n) is 6.09. The number of β-amino-alcohol motifs (C(OH)–C–C–N with tert-alkyl or cyclic N) is 1. The number of carbonyl (C=O) groups is 2. The highest BCUT2D eigenvalue weighted by Crippen LogP contribution is 2.37. The third kappa shape index (κ3) is 2.72. The van der Waals surface area contributed by atoms with E-state index in [1.165, 1.54) is 4.90 Å². The smallest absolute Gasteiger partial charge is 0.240 e. The monoisotopic (exact) mass is 289 g/mol. The molecule has 0 saturated carbocycles. The summed E-state index contributed by atoms with van der Waals surface area (Å²) in [5, 5.41) is 10.4. The summed E-state index contributed by atoms with van der Waals surface area (Å²) in [5.74, 6) is -0.411. The molecule has 114 valence electrons. The molecule has 1 unspecified atom stereocenters. The number of hydrogen-bond acceptors (Lipinski definition) is 3. The van der Waals surface area contributed by atoms with E-state index < -0.39 is 11.0 Å². The molecule has 0 aliphatic carbocycles. The number of rotatable bonds is 5. The quantitative estimate of drug-likeness (QED) is 0.846. The predicted molar refractivity (Wildman–Crippen MR) is 80.7 cm³/mol. The highest BCUT2D eigenvalue weighted by molar-refractivity contribution is 6.08. The summed E-state index contributed by atoms with van der Waals surface area (Å²) >= 11 is 0. The zero-order chi connectivity index (χ0) is 15.7. The van der Waals surface area contributed by atoms with Gasteiger partial charge in [-0.05, 0) is 25.3 Å². The molecule has 1 aromatic carbocycles. The summed E-state index contributed by atoms with van der Waals surface area (Å²) in [6.07, 6.45) is 1.20. The van der Waals surface area contributed by atoms with Crippen molar-refractivity contribution in [3.8, 4) is 0 Å². The average Bonchev–Trinajstić information content (AvgIpc) is 2.72. The zero-order valence-electron chi connectivity index (χ0n) is 12.9. The van der Waals surface area contributed by atoms with Gasteiger partial charge in [0.25, 0.3) is 0 Å². The van der Waals surface area contributed by atoms with Crippen LogP contribution in [0.4, 0.5) is 0 Å². The molecule has 1 heterocycles. The van der Waals surface area contributed by atoms with Crippen molar-refractivity contribution in [1.82, 2.24) is 4.90 Å². The van der Waals surface area contributed by atoms with Crippen LogP contribution in [0.25, 0.3) is 0 Å². The highest BCUT2D eigenvalue weighted by Gasteiger charge is 2.50. The molecule has 1 aliphatic heterocycles. The molecule has 1 aliphatic rings. The van der Waals surface area contributed by atoms with Crippen LogP contribution in [-0.4, -0.2) is 34.0 Å². The fourth-order valence-electron chi connectivity index (χ4n) is 2.84. The first kappa shape index (κ1) is 15.7. The Balaban J connectivity index is 2.29. The van der Waals surface area contributed by atoms with Crippen LogP contribution in [0, 0.1) is 0 Å². The number of hydrogen-bond donors (Lipinski definition) is 1. The third-order valence-corrected chi connectivity index (χ3v) is 4.70. The van der Waals surface area contributed by atoms with Crippen molar-refractivity contribution in [1.29, 1.82) is 0 Å². The molecular weight excluding hydrogens is 266 g/mol. The van der Waals surface area contributed by atoms with E-state index in [0.717, 1.165) is 5.56 Å². The number of likely N-dealkylation sites (tertiary alicyclic amines) is 1. The normalized spacial score (nSPS) is 23.0. The molecule has 1 N–H and O–H groups in total. The Morgan fingerprint density at radius 3 is 2.29 bits per heavy atom. The minimum atomic E-state index is -0.993. The Labute approximate surface area is 125 Å². The Bertz CT molecular complexity index is 536. The Kier molecular flexibility index (Phi) is 4.19. The number of aliphatic hydroxyl groups is 1. The first-order valence-electron chi connectivity index (χ1n) is 7.49. The van der Waals surface area contributed by atoms with Gasteiger partial charge in [0.05, 0.1) is 17.6 Å². The summed E-state index contributed by atoms with van der Waals surface area (Å²) < 4.78 is 0. The molecule has 1 saturated heterocycles. The minimum absolute atomic E-state index is 0.0834. The van der Waals surface area contributed by atoms with Crippen molar-refractivity contribution in [2.24, 2.45) is 0 Å². The Morgan fingerprint density at radius 2 is 1.76 bits per heavy atom. The number of amides is 2. The topological polar surface area (TPSA) is 57.6 Å². The lowest BCUT2D eigenvalue weighted by Crippen LogP contribution is -2.46. The first-order chi connectivity index (χ1) is 9.86. The summed E-state index contributed by atoms with van der Waals surface area (Å²) in [4.78, 5) is 26.3. The molecule has 0 bridgehead atoms. The fourth-order valence-corrected chi connectivity index (χ4v) is 2.84. The van der Waals surface area contributed by atoms with Crippen LogP contribution < -0.4 is 0 Å². The molecule has 4 nitrogen and oxygen atoms in total. The van der Waals surface area contributed by atoms with Gasteiger partial charge in [0.1, 0.15) is 0 Å². The molecular formula is C17H23NO3. The lowest BCUT2D eigenvalue weighted by molar-refractivity contribution is -0.144. The van der Waals surface area contributed by atoms with Gasteiger partial charge in [-0.15, -0.1) is 0 Å². The molecule has 1 aromatic rings. The van der Waals surface area contributed by atoms with E-state index in [1.54, 1.807) is 6.92 Å². The minimum Gasteiger partial charge on any atom is -0.388 e. The average molecular weight is 289 g/mol. The van der Waals surface area contributed by atoms with Gasteiger partial charge in [-0.1, -0.05) is 44.2 Å². The third-order valence-electron chi connectivity index (χ3n) is 4.70. The Hall–Kier alpha value is -1.68. The van der Waals surface area contributed by atoms with Gasteiger partial charge in [0.15, 0.2) is 0 Å². The van der Waals surface area contributed by atoms with Crippen LogP contribution in [0.15, 0.2) is 30.3 Å². The molecule has 0 aromatic heterocycles. The predicted octanol–water partition coefficient (Wildman–Crippen LogP) is 2.25. The lowest BCUT2D eigenvalue weighted by atomic mass is 9.81. The summed E-state index contributed by atoms with van der Waals surface area (Å²) in [6.45, 7) is 5.62. The molecule has 1 fully saturated rings. The molecule has 0 radical (unpaired) electrons. The zero-order valence-corrected chi connectivity index (χ0v) is 12.9. The van der Waals surface area contributed by atoms with Gasteiger partial charge in [-0.3, -0.25) is 14.5 Å². The maximum Gasteiger partial charge on any atom is 0.240 e.